The molecule has 3 unspecified atom stereocenters. The van der Waals surface area contributed by atoms with Crippen molar-refractivity contribution in [2.45, 2.75) is 38.5 Å². The number of anilines is 2. The van der Waals surface area contributed by atoms with Crippen molar-refractivity contribution in [3.63, 3.8) is 0 Å². The van der Waals surface area contributed by atoms with Crippen LogP contribution in [0.25, 0.3) is 0 Å². The fourth-order valence-electron chi connectivity index (χ4n) is 4.07. The lowest BCUT2D eigenvalue weighted by Crippen LogP contribution is -2.45. The van der Waals surface area contributed by atoms with E-state index < -0.39 is 9.84 Å². The Morgan fingerprint density at radius 3 is 2.29 bits per heavy atom. The minimum atomic E-state index is -3.04. The highest BCUT2D eigenvalue weighted by Crippen LogP contribution is 2.22. The summed E-state index contributed by atoms with van der Waals surface area (Å²) in [6.07, 6.45) is 0.791. The molecule has 0 radical (unpaired) electrons. The summed E-state index contributed by atoms with van der Waals surface area (Å²) in [5.74, 6) is -0.407. The smallest absolute Gasteiger partial charge is 0.238 e. The van der Waals surface area contributed by atoms with E-state index in [4.69, 9.17) is 4.74 Å². The molecule has 0 aromatic heterocycles. The van der Waals surface area contributed by atoms with Crippen LogP contribution in [0.1, 0.15) is 20.3 Å². The second kappa shape index (κ2) is 9.97. The van der Waals surface area contributed by atoms with E-state index in [1.54, 1.807) is 11.9 Å². The molecule has 0 aliphatic carbocycles. The molecular weight excluding hydrogens is 420 g/mol. The summed E-state index contributed by atoms with van der Waals surface area (Å²) in [4.78, 5) is 28.3. The van der Waals surface area contributed by atoms with Gasteiger partial charge in [-0.1, -0.05) is 0 Å². The highest BCUT2D eigenvalue weighted by Gasteiger charge is 2.29. The lowest BCUT2D eigenvalue weighted by Gasteiger charge is -2.36. The van der Waals surface area contributed by atoms with Crippen LogP contribution in [-0.4, -0.2) is 88.1 Å². The van der Waals surface area contributed by atoms with E-state index in [2.05, 4.69) is 29.4 Å². The summed E-state index contributed by atoms with van der Waals surface area (Å²) in [6, 6.07) is 7.35. The van der Waals surface area contributed by atoms with E-state index in [9.17, 15) is 18.0 Å². The van der Waals surface area contributed by atoms with Crippen LogP contribution in [0.2, 0.25) is 0 Å². The number of amides is 2. The van der Waals surface area contributed by atoms with Crippen molar-refractivity contribution in [2.24, 2.45) is 0 Å². The average molecular weight is 453 g/mol. The minimum absolute atomic E-state index is 0.0127. The first-order chi connectivity index (χ1) is 14.6. The number of sulfone groups is 1. The van der Waals surface area contributed by atoms with Crippen molar-refractivity contribution in [2.75, 3.05) is 54.9 Å². The summed E-state index contributed by atoms with van der Waals surface area (Å²) in [6.45, 7) is 5.85. The molecule has 2 aliphatic rings. The third-order valence-electron chi connectivity index (χ3n) is 5.36. The molecule has 10 heteroatoms. The summed E-state index contributed by atoms with van der Waals surface area (Å²) in [7, 11) is -1.37. The molecule has 2 aliphatic heterocycles. The first-order valence-corrected chi connectivity index (χ1v) is 12.4. The molecule has 2 N–H and O–H groups in total. The number of benzene rings is 1. The topological polar surface area (TPSA) is 108 Å². The zero-order chi connectivity index (χ0) is 22.6. The Bertz CT molecular complexity index is 880. The van der Waals surface area contributed by atoms with E-state index in [1.807, 2.05) is 24.3 Å². The highest BCUT2D eigenvalue weighted by molar-refractivity contribution is 7.91. The first kappa shape index (κ1) is 23.5. The standard InChI is InChI=1S/C21H32N4O5S/c1-15-10-25(11-16(2)30-15)19-6-4-17(5-7-19)22-20(26)12-24(3)13-21(27)23-18-8-9-31(28,29)14-18/h4-7,15-16,18H,8-14H2,1-3H3,(H,22,26)(H,23,27). The van der Waals surface area contributed by atoms with Crippen LogP contribution in [0, 0.1) is 0 Å². The number of carbonyl (C=O) groups excluding carboxylic acids is 2. The van der Waals surface area contributed by atoms with Gasteiger partial charge in [0.2, 0.25) is 11.8 Å². The zero-order valence-corrected chi connectivity index (χ0v) is 19.2. The normalized spacial score (nSPS) is 25.4. The van der Waals surface area contributed by atoms with Gasteiger partial charge >= 0.3 is 0 Å². The van der Waals surface area contributed by atoms with Crippen molar-refractivity contribution in [1.29, 1.82) is 0 Å². The number of rotatable bonds is 7. The van der Waals surface area contributed by atoms with Crippen LogP contribution in [0.4, 0.5) is 11.4 Å². The molecule has 1 aromatic rings. The predicted octanol–water partition coefficient (Wildman–Crippen LogP) is 0.474. The lowest BCUT2D eigenvalue weighted by atomic mass is 10.2. The van der Waals surface area contributed by atoms with Crippen molar-refractivity contribution in [1.82, 2.24) is 10.2 Å². The summed E-state index contributed by atoms with van der Waals surface area (Å²) >= 11 is 0. The van der Waals surface area contributed by atoms with Gasteiger partial charge in [0.15, 0.2) is 9.84 Å². The van der Waals surface area contributed by atoms with Gasteiger partial charge in [-0.15, -0.1) is 0 Å². The van der Waals surface area contributed by atoms with Crippen molar-refractivity contribution in [3.05, 3.63) is 24.3 Å². The maximum Gasteiger partial charge on any atom is 0.238 e. The molecule has 2 fully saturated rings. The number of nitrogens with zero attached hydrogens (tertiary/aromatic N) is 2. The third-order valence-corrected chi connectivity index (χ3v) is 7.13. The predicted molar refractivity (Wildman–Crippen MR) is 120 cm³/mol. The van der Waals surface area contributed by atoms with Crippen LogP contribution >= 0.6 is 0 Å². The van der Waals surface area contributed by atoms with Crippen LogP contribution in [0.15, 0.2) is 24.3 Å². The molecule has 2 amide bonds. The quantitative estimate of drug-likeness (QED) is 0.619. The van der Waals surface area contributed by atoms with Gasteiger partial charge in [-0.2, -0.15) is 0 Å². The number of hydrogen-bond acceptors (Lipinski definition) is 7. The molecule has 2 heterocycles. The zero-order valence-electron chi connectivity index (χ0n) is 18.3. The molecule has 0 bridgehead atoms. The number of morpholine rings is 1. The van der Waals surface area contributed by atoms with Crippen molar-refractivity contribution >= 4 is 33.0 Å². The average Bonchev–Trinajstić information content (AvgIpc) is 2.99. The Morgan fingerprint density at radius 1 is 1.10 bits per heavy atom. The van der Waals surface area contributed by atoms with Crippen LogP contribution in [0.5, 0.6) is 0 Å². The molecule has 172 valence electrons. The van der Waals surface area contributed by atoms with Gasteiger partial charge in [0, 0.05) is 30.5 Å². The fraction of sp³-hybridized carbons (Fsp3) is 0.619. The Hall–Kier alpha value is -2.17. The molecule has 2 saturated heterocycles. The number of likely N-dealkylation sites (N-methyl/N-ethyl adjacent to an activating group) is 1. The van der Waals surface area contributed by atoms with Crippen molar-refractivity contribution in [3.8, 4) is 0 Å². The number of carbonyl (C=O) groups is 2. The highest BCUT2D eigenvalue weighted by atomic mass is 32.2. The van der Waals surface area contributed by atoms with Gasteiger partial charge < -0.3 is 20.3 Å². The lowest BCUT2D eigenvalue weighted by molar-refractivity contribution is -0.123. The third kappa shape index (κ3) is 7.19. The number of hydrogen-bond donors (Lipinski definition) is 2. The van der Waals surface area contributed by atoms with Gasteiger partial charge in [-0.25, -0.2) is 8.42 Å². The summed E-state index contributed by atoms with van der Waals surface area (Å²) < 4.78 is 28.7. The largest absolute Gasteiger partial charge is 0.372 e. The SMILES string of the molecule is CC1CN(c2ccc(NC(=O)CN(C)CC(=O)NC3CCS(=O)(=O)C3)cc2)CC(C)O1. The maximum atomic E-state index is 12.3. The molecule has 3 rings (SSSR count). The van der Waals surface area contributed by atoms with Gasteiger partial charge in [-0.05, 0) is 51.6 Å². The molecular formula is C21H32N4O5S. The number of nitrogens with one attached hydrogen (secondary N) is 2. The Labute approximate surface area is 184 Å². The maximum absolute atomic E-state index is 12.3. The number of ether oxygens (including phenoxy) is 1. The second-order valence-corrected chi connectivity index (χ2v) is 10.8. The summed E-state index contributed by atoms with van der Waals surface area (Å²) in [5, 5.41) is 5.57. The molecule has 3 atom stereocenters. The van der Waals surface area contributed by atoms with Gasteiger partial charge in [0.1, 0.15) is 0 Å². The van der Waals surface area contributed by atoms with Crippen LogP contribution in [0.3, 0.4) is 0 Å². The van der Waals surface area contributed by atoms with Crippen molar-refractivity contribution < 1.29 is 22.7 Å². The van der Waals surface area contributed by atoms with E-state index in [0.29, 0.717) is 12.1 Å². The Kier molecular flexibility index (Phi) is 7.55. The Morgan fingerprint density at radius 2 is 1.71 bits per heavy atom. The summed E-state index contributed by atoms with van der Waals surface area (Å²) in [5.41, 5.74) is 1.78. The van der Waals surface area contributed by atoms with Gasteiger partial charge in [0.05, 0.1) is 36.8 Å². The second-order valence-electron chi connectivity index (χ2n) is 8.60. The monoisotopic (exact) mass is 452 g/mol. The van der Waals surface area contributed by atoms with Gasteiger partial charge in [-0.3, -0.25) is 14.5 Å². The van der Waals surface area contributed by atoms with E-state index >= 15 is 0 Å². The fourth-order valence-corrected chi connectivity index (χ4v) is 5.75. The van der Waals surface area contributed by atoms with Crippen LogP contribution < -0.4 is 15.5 Å². The first-order valence-electron chi connectivity index (χ1n) is 10.6. The van der Waals surface area contributed by atoms with Gasteiger partial charge in [0.25, 0.3) is 0 Å². The molecule has 1 aromatic carbocycles. The minimum Gasteiger partial charge on any atom is -0.372 e. The van der Waals surface area contributed by atoms with E-state index in [-0.39, 0.29) is 54.7 Å². The van der Waals surface area contributed by atoms with Crippen LogP contribution in [-0.2, 0) is 24.2 Å². The molecule has 0 saturated carbocycles. The van der Waals surface area contributed by atoms with E-state index in [0.717, 1.165) is 18.8 Å². The molecule has 31 heavy (non-hydrogen) atoms. The molecule has 0 spiro atoms. The molecule has 9 nitrogen and oxygen atoms in total. The Balaban J connectivity index is 1.43. The van der Waals surface area contributed by atoms with E-state index in [1.165, 1.54) is 0 Å².